The van der Waals surface area contributed by atoms with E-state index in [1.807, 2.05) is 0 Å². The van der Waals surface area contributed by atoms with Crippen molar-refractivity contribution in [3.05, 3.63) is 27.7 Å². The molecule has 1 aromatic rings. The highest BCUT2D eigenvalue weighted by Gasteiger charge is 2.22. The van der Waals surface area contributed by atoms with E-state index in [0.717, 1.165) is 6.07 Å². The van der Waals surface area contributed by atoms with E-state index in [2.05, 4.69) is 0 Å². The number of ether oxygens (including phenoxy) is 2. The maximum absolute atomic E-state index is 11.8. The van der Waals surface area contributed by atoms with Gasteiger partial charge in [-0.2, -0.15) is 0 Å². The molecule has 1 aromatic carbocycles. The van der Waals surface area contributed by atoms with E-state index >= 15 is 0 Å². The van der Waals surface area contributed by atoms with Crippen LogP contribution in [0.5, 0.6) is 0 Å². The van der Waals surface area contributed by atoms with Crippen LogP contribution in [0.3, 0.4) is 0 Å². The molecule has 0 unspecified atom stereocenters. The number of carbonyl (C=O) groups excluding carboxylic acids is 1. The van der Waals surface area contributed by atoms with Gasteiger partial charge >= 0.3 is 5.97 Å². The Morgan fingerprint density at radius 2 is 1.95 bits per heavy atom. The number of hydrogen-bond acceptors (Lipinski definition) is 5. The third-order valence-electron chi connectivity index (χ3n) is 2.26. The molecule has 1 rings (SSSR count). The van der Waals surface area contributed by atoms with Gasteiger partial charge in [0.1, 0.15) is 4.90 Å². The summed E-state index contributed by atoms with van der Waals surface area (Å²) in [5.41, 5.74) is -0.152. The first-order valence-electron chi connectivity index (χ1n) is 5.45. The number of halogens is 2. The molecular formula is C11H13Cl2NO5S. The van der Waals surface area contributed by atoms with Gasteiger partial charge in [0.15, 0.2) is 0 Å². The van der Waals surface area contributed by atoms with Crippen molar-refractivity contribution in [1.82, 2.24) is 0 Å². The second-order valence-electron chi connectivity index (χ2n) is 3.79. The Morgan fingerprint density at radius 1 is 1.30 bits per heavy atom. The minimum absolute atomic E-state index is 0.0160. The molecule has 0 fully saturated rings. The summed E-state index contributed by atoms with van der Waals surface area (Å²) in [6.07, 6.45) is 0.502. The van der Waals surface area contributed by atoms with Gasteiger partial charge in [-0.25, -0.2) is 18.4 Å². The lowest BCUT2D eigenvalue weighted by Gasteiger charge is -2.09. The molecule has 0 aliphatic carbocycles. The monoisotopic (exact) mass is 341 g/mol. The second-order valence-corrected chi connectivity index (χ2v) is 6.14. The van der Waals surface area contributed by atoms with Gasteiger partial charge in [0.05, 0.1) is 17.2 Å². The number of benzene rings is 1. The Labute approximate surface area is 126 Å². The SMILES string of the molecule is COCCCOC(=O)c1cc(Cl)cc(S(N)(=O)=O)c1Cl. The number of nitrogens with two attached hydrogens (primary N) is 1. The third kappa shape index (κ3) is 4.60. The molecule has 0 saturated heterocycles. The highest BCUT2D eigenvalue weighted by Crippen LogP contribution is 2.29. The van der Waals surface area contributed by atoms with Gasteiger partial charge in [-0.3, -0.25) is 0 Å². The topological polar surface area (TPSA) is 95.7 Å². The molecule has 2 N–H and O–H groups in total. The van der Waals surface area contributed by atoms with Crippen LogP contribution in [-0.4, -0.2) is 34.7 Å². The second kappa shape index (κ2) is 7.24. The maximum Gasteiger partial charge on any atom is 0.339 e. The average molecular weight is 342 g/mol. The van der Waals surface area contributed by atoms with Crippen molar-refractivity contribution in [2.24, 2.45) is 5.14 Å². The van der Waals surface area contributed by atoms with Crippen LogP contribution in [0.4, 0.5) is 0 Å². The van der Waals surface area contributed by atoms with Crippen LogP contribution in [0.2, 0.25) is 10.0 Å². The predicted octanol–water partition coefficient (Wildman–Crippen LogP) is 1.83. The number of hydrogen-bond donors (Lipinski definition) is 1. The van der Waals surface area contributed by atoms with Crippen molar-refractivity contribution in [2.75, 3.05) is 20.3 Å². The van der Waals surface area contributed by atoms with Gasteiger partial charge in [-0.1, -0.05) is 23.2 Å². The van der Waals surface area contributed by atoms with Crippen LogP contribution >= 0.6 is 23.2 Å². The van der Waals surface area contributed by atoms with Crippen molar-refractivity contribution in [3.63, 3.8) is 0 Å². The van der Waals surface area contributed by atoms with Crippen LogP contribution in [-0.2, 0) is 19.5 Å². The smallest absolute Gasteiger partial charge is 0.339 e. The zero-order chi connectivity index (χ0) is 15.3. The number of rotatable bonds is 6. The fraction of sp³-hybridized carbons (Fsp3) is 0.364. The van der Waals surface area contributed by atoms with E-state index in [1.54, 1.807) is 0 Å². The van der Waals surface area contributed by atoms with Gasteiger partial charge in [0.25, 0.3) is 0 Å². The van der Waals surface area contributed by atoms with Gasteiger partial charge in [0.2, 0.25) is 10.0 Å². The molecule has 0 aliphatic heterocycles. The number of sulfonamides is 1. The Bertz CT molecular complexity index is 603. The van der Waals surface area contributed by atoms with Crippen molar-refractivity contribution < 1.29 is 22.7 Å². The summed E-state index contributed by atoms with van der Waals surface area (Å²) < 4.78 is 32.4. The van der Waals surface area contributed by atoms with Gasteiger partial charge in [0, 0.05) is 25.2 Å². The summed E-state index contributed by atoms with van der Waals surface area (Å²) in [5, 5.41) is 4.70. The Hall–Kier alpha value is -0.860. The van der Waals surface area contributed by atoms with E-state index in [4.69, 9.17) is 37.8 Å². The molecule has 112 valence electrons. The summed E-state index contributed by atoms with van der Waals surface area (Å²) in [7, 11) is -2.56. The summed E-state index contributed by atoms with van der Waals surface area (Å²) in [5.74, 6) is -0.779. The quantitative estimate of drug-likeness (QED) is 0.629. The Balaban J connectivity index is 3.01. The summed E-state index contributed by atoms with van der Waals surface area (Å²) in [4.78, 5) is 11.4. The van der Waals surface area contributed by atoms with Crippen molar-refractivity contribution >= 4 is 39.2 Å². The highest BCUT2D eigenvalue weighted by atomic mass is 35.5. The Kier molecular flexibility index (Phi) is 6.22. The van der Waals surface area contributed by atoms with Crippen LogP contribution in [0.25, 0.3) is 0 Å². The maximum atomic E-state index is 11.8. The zero-order valence-corrected chi connectivity index (χ0v) is 12.9. The van der Waals surface area contributed by atoms with E-state index in [0.29, 0.717) is 13.0 Å². The number of esters is 1. The van der Waals surface area contributed by atoms with Gasteiger partial charge in [-0.05, 0) is 12.1 Å². The zero-order valence-electron chi connectivity index (χ0n) is 10.6. The first-order chi connectivity index (χ1) is 9.27. The van der Waals surface area contributed by atoms with Crippen LogP contribution in [0, 0.1) is 0 Å². The fourth-order valence-corrected chi connectivity index (χ4v) is 2.81. The van der Waals surface area contributed by atoms with Gasteiger partial charge < -0.3 is 9.47 Å². The highest BCUT2D eigenvalue weighted by molar-refractivity contribution is 7.89. The van der Waals surface area contributed by atoms with E-state index < -0.39 is 20.9 Å². The molecule has 0 atom stereocenters. The molecular weight excluding hydrogens is 329 g/mol. The normalized spacial score (nSPS) is 11.4. The van der Waals surface area contributed by atoms with E-state index in [9.17, 15) is 13.2 Å². The molecule has 6 nitrogen and oxygen atoms in total. The predicted molar refractivity (Wildman–Crippen MR) is 74.6 cm³/mol. The van der Waals surface area contributed by atoms with Crippen LogP contribution < -0.4 is 5.14 Å². The molecule has 0 aromatic heterocycles. The average Bonchev–Trinajstić information content (AvgIpc) is 2.35. The van der Waals surface area contributed by atoms with E-state index in [-0.39, 0.29) is 22.2 Å². The first kappa shape index (κ1) is 17.2. The lowest BCUT2D eigenvalue weighted by molar-refractivity contribution is 0.0468. The minimum atomic E-state index is -4.09. The van der Waals surface area contributed by atoms with Crippen molar-refractivity contribution in [2.45, 2.75) is 11.3 Å². The number of methoxy groups -OCH3 is 1. The van der Waals surface area contributed by atoms with Crippen LogP contribution in [0.1, 0.15) is 16.8 Å². The lowest BCUT2D eigenvalue weighted by atomic mass is 10.2. The summed E-state index contributed by atoms with van der Waals surface area (Å²) in [6.45, 7) is 0.541. The standard InChI is InChI=1S/C11H13Cl2NO5S/c1-18-3-2-4-19-11(15)8-5-7(12)6-9(10(8)13)20(14,16)17/h5-6H,2-4H2,1H3,(H2,14,16,17). The Morgan fingerprint density at radius 3 is 2.50 bits per heavy atom. The molecule has 0 radical (unpaired) electrons. The van der Waals surface area contributed by atoms with Crippen LogP contribution in [0.15, 0.2) is 17.0 Å². The minimum Gasteiger partial charge on any atom is -0.462 e. The van der Waals surface area contributed by atoms with Crippen molar-refractivity contribution in [1.29, 1.82) is 0 Å². The van der Waals surface area contributed by atoms with Crippen molar-refractivity contribution in [3.8, 4) is 0 Å². The molecule has 0 spiro atoms. The molecule has 0 amide bonds. The van der Waals surface area contributed by atoms with E-state index in [1.165, 1.54) is 13.2 Å². The molecule has 0 heterocycles. The molecule has 0 saturated carbocycles. The number of carbonyl (C=O) groups is 1. The number of primary sulfonamides is 1. The fourth-order valence-electron chi connectivity index (χ4n) is 1.37. The summed E-state index contributed by atoms with van der Waals surface area (Å²) in [6, 6.07) is 2.29. The molecule has 0 bridgehead atoms. The lowest BCUT2D eigenvalue weighted by Crippen LogP contribution is -2.15. The van der Waals surface area contributed by atoms with Gasteiger partial charge in [-0.15, -0.1) is 0 Å². The molecule has 20 heavy (non-hydrogen) atoms. The molecule has 9 heteroatoms. The third-order valence-corrected chi connectivity index (χ3v) is 3.93. The summed E-state index contributed by atoms with van der Waals surface area (Å²) >= 11 is 11.6. The largest absolute Gasteiger partial charge is 0.462 e. The first-order valence-corrected chi connectivity index (χ1v) is 7.75. The molecule has 0 aliphatic rings.